The number of unbranched alkanes of at least 4 members (excludes halogenated alkanes) is 7. The van der Waals surface area contributed by atoms with E-state index in [1.165, 1.54) is 32.1 Å². The number of halogens is 4. The fourth-order valence-corrected chi connectivity index (χ4v) is 5.93. The van der Waals surface area contributed by atoms with Crippen LogP contribution in [-0.4, -0.2) is 6.61 Å². The van der Waals surface area contributed by atoms with Gasteiger partial charge in [-0.3, -0.25) is 0 Å². The van der Waals surface area contributed by atoms with Crippen LogP contribution in [0, 0.1) is 29.2 Å². The third-order valence-corrected chi connectivity index (χ3v) is 8.51. The van der Waals surface area contributed by atoms with Crippen LogP contribution in [0.1, 0.15) is 108 Å². The van der Waals surface area contributed by atoms with Crippen LogP contribution in [0.2, 0.25) is 0 Å². The van der Waals surface area contributed by atoms with E-state index in [1.807, 2.05) is 0 Å². The molecule has 0 radical (unpaired) electrons. The molecule has 2 unspecified atom stereocenters. The van der Waals surface area contributed by atoms with Gasteiger partial charge in [0.15, 0.2) is 23.3 Å². The molecule has 1 aliphatic heterocycles. The van der Waals surface area contributed by atoms with Crippen LogP contribution < -0.4 is 0 Å². The van der Waals surface area contributed by atoms with Crippen molar-refractivity contribution in [3.63, 3.8) is 0 Å². The highest BCUT2D eigenvalue weighted by atomic mass is 19.2. The van der Waals surface area contributed by atoms with E-state index in [-0.39, 0.29) is 16.7 Å². The van der Waals surface area contributed by atoms with Gasteiger partial charge in [-0.1, -0.05) is 114 Å². The number of aryl methyl sites for hydroxylation is 1. The van der Waals surface area contributed by atoms with Crippen molar-refractivity contribution in [1.29, 1.82) is 0 Å². The van der Waals surface area contributed by atoms with Crippen molar-refractivity contribution in [3.05, 3.63) is 82.9 Å². The molecule has 0 spiro atoms. The van der Waals surface area contributed by atoms with E-state index < -0.39 is 29.4 Å². The van der Waals surface area contributed by atoms with Crippen molar-refractivity contribution in [2.24, 2.45) is 5.92 Å². The fourth-order valence-electron chi connectivity index (χ4n) is 5.93. The minimum Gasteiger partial charge on any atom is -0.373 e. The molecule has 0 amide bonds. The summed E-state index contributed by atoms with van der Waals surface area (Å²) < 4.78 is 66.1. The lowest BCUT2D eigenvalue weighted by Gasteiger charge is -2.30. The van der Waals surface area contributed by atoms with Crippen LogP contribution in [-0.2, 0) is 11.2 Å². The zero-order valence-electron chi connectivity index (χ0n) is 24.6. The second-order valence-electron chi connectivity index (χ2n) is 11.6. The second-order valence-corrected chi connectivity index (χ2v) is 11.6. The van der Waals surface area contributed by atoms with Gasteiger partial charge in [-0.15, -0.1) is 0 Å². The van der Waals surface area contributed by atoms with Crippen molar-refractivity contribution >= 4 is 0 Å². The van der Waals surface area contributed by atoms with E-state index in [0.29, 0.717) is 42.1 Å². The summed E-state index contributed by atoms with van der Waals surface area (Å²) in [6.45, 7) is 4.90. The summed E-state index contributed by atoms with van der Waals surface area (Å²) in [5, 5.41) is 0. The summed E-state index contributed by atoms with van der Waals surface area (Å²) in [5.74, 6) is -2.99. The van der Waals surface area contributed by atoms with Crippen LogP contribution in [0.3, 0.4) is 0 Å². The first-order valence-electron chi connectivity index (χ1n) is 15.6. The first-order chi connectivity index (χ1) is 19.9. The van der Waals surface area contributed by atoms with Gasteiger partial charge in [-0.2, -0.15) is 0 Å². The van der Waals surface area contributed by atoms with Crippen molar-refractivity contribution in [2.45, 2.75) is 103 Å². The fraction of sp³-hybridized carbons (Fsp3) is 0.500. The first kappa shape index (κ1) is 31.3. The summed E-state index contributed by atoms with van der Waals surface area (Å²) in [6, 6.07) is 12.9. The molecule has 41 heavy (non-hydrogen) atoms. The second kappa shape index (κ2) is 15.5. The molecule has 222 valence electrons. The third kappa shape index (κ3) is 8.00. The van der Waals surface area contributed by atoms with E-state index in [4.69, 9.17) is 4.74 Å². The Morgan fingerprint density at radius 3 is 1.80 bits per heavy atom. The Morgan fingerprint density at radius 1 is 0.610 bits per heavy atom. The SMILES string of the molecule is CCCCCCCC1CCC(c2ccc(-c3ccc(-c4ccc(CCCCCC)c(F)c4F)cc3)c(F)c2F)OC1. The summed E-state index contributed by atoms with van der Waals surface area (Å²) in [5.41, 5.74) is 1.89. The maximum atomic E-state index is 15.2. The molecule has 3 aromatic carbocycles. The molecule has 1 heterocycles. The highest BCUT2D eigenvalue weighted by Gasteiger charge is 2.27. The molecular formula is C36H44F4O. The van der Waals surface area contributed by atoms with Gasteiger partial charge in [-0.05, 0) is 54.7 Å². The topological polar surface area (TPSA) is 9.23 Å². The lowest BCUT2D eigenvalue weighted by molar-refractivity contribution is -0.0218. The van der Waals surface area contributed by atoms with Gasteiger partial charge in [0, 0.05) is 16.7 Å². The predicted molar refractivity (Wildman–Crippen MR) is 160 cm³/mol. The van der Waals surface area contributed by atoms with E-state index in [0.717, 1.165) is 38.5 Å². The number of benzene rings is 3. The number of rotatable bonds is 14. The number of ether oxygens (including phenoxy) is 1. The van der Waals surface area contributed by atoms with Crippen LogP contribution in [0.5, 0.6) is 0 Å². The quantitative estimate of drug-likeness (QED) is 0.139. The van der Waals surface area contributed by atoms with Crippen molar-refractivity contribution in [2.75, 3.05) is 6.61 Å². The molecular weight excluding hydrogens is 524 g/mol. The largest absolute Gasteiger partial charge is 0.373 e. The van der Waals surface area contributed by atoms with Gasteiger partial charge in [0.2, 0.25) is 0 Å². The third-order valence-electron chi connectivity index (χ3n) is 8.51. The smallest absolute Gasteiger partial charge is 0.167 e. The minimum atomic E-state index is -0.915. The van der Waals surface area contributed by atoms with Gasteiger partial charge in [0.1, 0.15) is 0 Å². The average molecular weight is 569 g/mol. The van der Waals surface area contributed by atoms with Gasteiger partial charge in [0.05, 0.1) is 12.7 Å². The molecule has 1 nitrogen and oxygen atoms in total. The van der Waals surface area contributed by atoms with Gasteiger partial charge in [-0.25, -0.2) is 17.6 Å². The summed E-state index contributed by atoms with van der Waals surface area (Å²) in [7, 11) is 0. The van der Waals surface area contributed by atoms with E-state index in [1.54, 1.807) is 48.5 Å². The Balaban J connectivity index is 1.40. The standard InChI is InChI=1S/C36H44F4O/c1-3-5-7-9-10-12-25-14-23-32(41-24-25)31-22-21-30(35(39)36(31)40)27-17-15-26(16-18-27)29-20-19-28(33(37)34(29)38)13-11-8-6-4-2/h15-22,25,32H,3-14,23-24H2,1-2H3. The predicted octanol–water partition coefficient (Wildman–Crippen LogP) is 11.5. The number of hydrogen-bond acceptors (Lipinski definition) is 1. The first-order valence-corrected chi connectivity index (χ1v) is 15.6. The Labute approximate surface area is 243 Å². The molecule has 1 aliphatic rings. The Morgan fingerprint density at radius 2 is 1.20 bits per heavy atom. The van der Waals surface area contributed by atoms with Crippen molar-refractivity contribution in [1.82, 2.24) is 0 Å². The minimum absolute atomic E-state index is 0.132. The molecule has 3 aromatic rings. The van der Waals surface area contributed by atoms with Gasteiger partial charge < -0.3 is 4.74 Å². The van der Waals surface area contributed by atoms with Crippen LogP contribution >= 0.6 is 0 Å². The van der Waals surface area contributed by atoms with Crippen LogP contribution in [0.25, 0.3) is 22.3 Å². The lowest BCUT2D eigenvalue weighted by Crippen LogP contribution is -2.21. The molecule has 2 atom stereocenters. The molecule has 0 N–H and O–H groups in total. The molecule has 0 aromatic heterocycles. The molecule has 1 fully saturated rings. The van der Waals surface area contributed by atoms with Gasteiger partial charge >= 0.3 is 0 Å². The van der Waals surface area contributed by atoms with E-state index in [2.05, 4.69) is 13.8 Å². The summed E-state index contributed by atoms with van der Waals surface area (Å²) in [6.07, 6.45) is 13.0. The van der Waals surface area contributed by atoms with E-state index in [9.17, 15) is 8.78 Å². The normalized spacial score (nSPS) is 17.2. The van der Waals surface area contributed by atoms with Crippen molar-refractivity contribution in [3.8, 4) is 22.3 Å². The Bertz CT molecular complexity index is 1250. The van der Waals surface area contributed by atoms with Gasteiger partial charge in [0.25, 0.3) is 0 Å². The molecule has 0 aliphatic carbocycles. The number of hydrogen-bond donors (Lipinski definition) is 0. The lowest BCUT2D eigenvalue weighted by atomic mass is 9.90. The zero-order chi connectivity index (χ0) is 29.2. The summed E-state index contributed by atoms with van der Waals surface area (Å²) >= 11 is 0. The maximum Gasteiger partial charge on any atom is 0.167 e. The Kier molecular flexibility index (Phi) is 11.9. The average Bonchev–Trinajstić information content (AvgIpc) is 2.99. The van der Waals surface area contributed by atoms with Crippen molar-refractivity contribution < 1.29 is 22.3 Å². The van der Waals surface area contributed by atoms with Crippen LogP contribution in [0.15, 0.2) is 48.5 Å². The molecule has 0 bridgehead atoms. The molecule has 4 rings (SSSR count). The highest BCUT2D eigenvalue weighted by Crippen LogP contribution is 2.37. The summed E-state index contributed by atoms with van der Waals surface area (Å²) in [4.78, 5) is 0. The highest BCUT2D eigenvalue weighted by molar-refractivity contribution is 5.71. The monoisotopic (exact) mass is 568 g/mol. The molecule has 0 saturated carbocycles. The molecule has 5 heteroatoms. The Hall–Kier alpha value is -2.66. The molecule has 1 saturated heterocycles. The maximum absolute atomic E-state index is 15.2. The zero-order valence-corrected chi connectivity index (χ0v) is 24.6. The van der Waals surface area contributed by atoms with E-state index >= 15 is 8.78 Å². The van der Waals surface area contributed by atoms with Crippen LogP contribution in [0.4, 0.5) is 17.6 Å².